The Morgan fingerprint density at radius 3 is 2.31 bits per heavy atom. The number of benzene rings is 2. The van der Waals surface area contributed by atoms with Crippen LogP contribution in [0.3, 0.4) is 0 Å². The van der Waals surface area contributed by atoms with Crippen molar-refractivity contribution in [2.45, 2.75) is 46.8 Å². The molecule has 0 aliphatic heterocycles. The van der Waals surface area contributed by atoms with Gasteiger partial charge >= 0.3 is 0 Å². The number of amides is 1. The van der Waals surface area contributed by atoms with Crippen LogP contribution in [0.2, 0.25) is 0 Å². The van der Waals surface area contributed by atoms with E-state index >= 15 is 0 Å². The Balaban J connectivity index is 1.99. The average Bonchev–Trinajstić information content (AvgIpc) is 2.75. The minimum atomic E-state index is -0.436. The van der Waals surface area contributed by atoms with E-state index in [1.807, 2.05) is 50.2 Å². The highest BCUT2D eigenvalue weighted by atomic mass is 16.5. The first-order valence-electron chi connectivity index (χ1n) is 11.1. The number of aliphatic imine (C=N–C) groups is 1. The number of nitrogens with two attached hydrogens (primary N) is 1. The van der Waals surface area contributed by atoms with Crippen molar-refractivity contribution in [3.05, 3.63) is 59.7 Å². The predicted octanol–water partition coefficient (Wildman–Crippen LogP) is 4.19. The SMILES string of the molecule is CC(C)COCCCNC(=NCc1ccc(C(N)=O)cc1)Nc1ccc(OC(C)C)cc1. The van der Waals surface area contributed by atoms with Gasteiger partial charge in [0.15, 0.2) is 5.96 Å². The smallest absolute Gasteiger partial charge is 0.248 e. The van der Waals surface area contributed by atoms with Crippen LogP contribution < -0.4 is 21.1 Å². The molecule has 0 spiro atoms. The zero-order valence-electron chi connectivity index (χ0n) is 19.6. The number of nitrogens with one attached hydrogen (secondary N) is 2. The first-order chi connectivity index (χ1) is 15.3. The van der Waals surface area contributed by atoms with Crippen molar-refractivity contribution in [2.24, 2.45) is 16.6 Å². The highest BCUT2D eigenvalue weighted by Gasteiger charge is 2.04. The van der Waals surface area contributed by atoms with E-state index in [0.29, 0.717) is 30.6 Å². The van der Waals surface area contributed by atoms with Gasteiger partial charge in [0.25, 0.3) is 0 Å². The molecule has 2 aromatic rings. The lowest BCUT2D eigenvalue weighted by Crippen LogP contribution is -2.32. The molecule has 0 unspecified atom stereocenters. The number of guanidine groups is 1. The summed E-state index contributed by atoms with van der Waals surface area (Å²) in [6, 6.07) is 14.9. The summed E-state index contributed by atoms with van der Waals surface area (Å²) in [7, 11) is 0. The van der Waals surface area contributed by atoms with Crippen LogP contribution in [0.25, 0.3) is 0 Å². The first-order valence-corrected chi connectivity index (χ1v) is 11.1. The number of hydrogen-bond donors (Lipinski definition) is 3. The number of hydrogen-bond acceptors (Lipinski definition) is 4. The summed E-state index contributed by atoms with van der Waals surface area (Å²) < 4.78 is 11.4. The zero-order chi connectivity index (χ0) is 23.3. The average molecular weight is 441 g/mol. The monoisotopic (exact) mass is 440 g/mol. The van der Waals surface area contributed by atoms with Crippen molar-refractivity contribution >= 4 is 17.6 Å². The second-order valence-electron chi connectivity index (χ2n) is 8.29. The summed E-state index contributed by atoms with van der Waals surface area (Å²) in [5.74, 6) is 1.60. The van der Waals surface area contributed by atoms with E-state index in [9.17, 15) is 4.79 Å². The molecule has 0 atom stereocenters. The Bertz CT molecular complexity index is 846. The van der Waals surface area contributed by atoms with Gasteiger partial charge in [-0.1, -0.05) is 26.0 Å². The fraction of sp³-hybridized carbons (Fsp3) is 0.440. The van der Waals surface area contributed by atoms with Crippen molar-refractivity contribution in [1.82, 2.24) is 5.32 Å². The molecular formula is C25H36N4O3. The van der Waals surface area contributed by atoms with Gasteiger partial charge in [0.1, 0.15) is 5.75 Å². The summed E-state index contributed by atoms with van der Waals surface area (Å²) in [5, 5.41) is 6.69. The quantitative estimate of drug-likeness (QED) is 0.261. The highest BCUT2D eigenvalue weighted by Crippen LogP contribution is 2.17. The van der Waals surface area contributed by atoms with Crippen LogP contribution in [0.15, 0.2) is 53.5 Å². The number of nitrogens with zero attached hydrogens (tertiary/aromatic N) is 1. The van der Waals surface area contributed by atoms with Gasteiger partial charge in [-0.05, 0) is 68.1 Å². The zero-order valence-corrected chi connectivity index (χ0v) is 19.6. The van der Waals surface area contributed by atoms with E-state index in [-0.39, 0.29) is 6.10 Å². The number of primary amides is 1. The lowest BCUT2D eigenvalue weighted by molar-refractivity contribution is 0.1000. The second kappa shape index (κ2) is 13.4. The summed E-state index contributed by atoms with van der Waals surface area (Å²) >= 11 is 0. The molecule has 2 aromatic carbocycles. The Hall–Kier alpha value is -3.06. The summed E-state index contributed by atoms with van der Waals surface area (Å²) in [6.07, 6.45) is 1.01. The van der Waals surface area contributed by atoms with Gasteiger partial charge in [-0.25, -0.2) is 4.99 Å². The third-order valence-electron chi connectivity index (χ3n) is 4.36. The van der Waals surface area contributed by atoms with Crippen LogP contribution in [0.1, 0.15) is 50.0 Å². The van der Waals surface area contributed by atoms with Crippen LogP contribution in [0.4, 0.5) is 5.69 Å². The number of rotatable bonds is 12. The Morgan fingerprint density at radius 1 is 1.03 bits per heavy atom. The largest absolute Gasteiger partial charge is 0.491 e. The normalized spacial score (nSPS) is 11.6. The molecule has 4 N–H and O–H groups in total. The van der Waals surface area contributed by atoms with E-state index < -0.39 is 5.91 Å². The van der Waals surface area contributed by atoms with Crippen molar-refractivity contribution in [3.63, 3.8) is 0 Å². The molecule has 0 saturated carbocycles. The van der Waals surface area contributed by atoms with Crippen molar-refractivity contribution in [1.29, 1.82) is 0 Å². The van der Waals surface area contributed by atoms with Gasteiger partial charge in [-0.15, -0.1) is 0 Å². The molecule has 2 rings (SSSR count). The van der Waals surface area contributed by atoms with Gasteiger partial charge in [-0.3, -0.25) is 4.79 Å². The molecular weight excluding hydrogens is 404 g/mol. The Kier molecular flexibility index (Phi) is 10.5. The topological polar surface area (TPSA) is 98.0 Å². The van der Waals surface area contributed by atoms with E-state index in [1.54, 1.807) is 12.1 Å². The fourth-order valence-corrected chi connectivity index (χ4v) is 2.81. The standard InChI is InChI=1S/C25H36N4O3/c1-18(2)17-31-15-5-14-27-25(28-16-20-6-8-21(9-7-20)24(26)30)29-22-10-12-23(13-11-22)32-19(3)4/h6-13,18-19H,5,14-17H2,1-4H3,(H2,26,30)(H2,27,28,29). The lowest BCUT2D eigenvalue weighted by Gasteiger charge is -2.14. The number of anilines is 1. The van der Waals surface area contributed by atoms with Gasteiger partial charge in [0.05, 0.1) is 12.6 Å². The van der Waals surface area contributed by atoms with E-state index in [4.69, 9.17) is 15.2 Å². The maximum Gasteiger partial charge on any atom is 0.248 e. The van der Waals surface area contributed by atoms with Crippen LogP contribution >= 0.6 is 0 Å². The predicted molar refractivity (Wildman–Crippen MR) is 130 cm³/mol. The number of carbonyl (C=O) groups is 1. The molecule has 0 fully saturated rings. The van der Waals surface area contributed by atoms with Gasteiger partial charge in [0, 0.05) is 31.0 Å². The molecule has 0 heterocycles. The third-order valence-corrected chi connectivity index (χ3v) is 4.36. The highest BCUT2D eigenvalue weighted by molar-refractivity contribution is 5.94. The van der Waals surface area contributed by atoms with E-state index in [0.717, 1.165) is 36.6 Å². The second-order valence-corrected chi connectivity index (χ2v) is 8.29. The number of carbonyl (C=O) groups excluding carboxylic acids is 1. The lowest BCUT2D eigenvalue weighted by atomic mass is 10.1. The van der Waals surface area contributed by atoms with Crippen molar-refractivity contribution < 1.29 is 14.3 Å². The Labute approximate surface area is 191 Å². The molecule has 7 nitrogen and oxygen atoms in total. The molecule has 0 aliphatic carbocycles. The van der Waals surface area contributed by atoms with Crippen LogP contribution in [-0.2, 0) is 11.3 Å². The van der Waals surface area contributed by atoms with Crippen molar-refractivity contribution in [2.75, 3.05) is 25.1 Å². The fourth-order valence-electron chi connectivity index (χ4n) is 2.81. The van der Waals surface area contributed by atoms with Gasteiger partial charge in [0.2, 0.25) is 5.91 Å². The third kappa shape index (κ3) is 9.83. The molecule has 0 aromatic heterocycles. The molecule has 32 heavy (non-hydrogen) atoms. The van der Waals surface area contributed by atoms with Gasteiger partial charge in [-0.2, -0.15) is 0 Å². The van der Waals surface area contributed by atoms with Crippen LogP contribution in [0, 0.1) is 5.92 Å². The molecule has 0 radical (unpaired) electrons. The van der Waals surface area contributed by atoms with E-state index in [2.05, 4.69) is 29.5 Å². The first kappa shape index (κ1) is 25.2. The summed E-state index contributed by atoms with van der Waals surface area (Å²) in [4.78, 5) is 15.9. The van der Waals surface area contributed by atoms with Crippen LogP contribution in [0.5, 0.6) is 5.75 Å². The minimum absolute atomic E-state index is 0.131. The molecule has 174 valence electrons. The molecule has 0 aliphatic rings. The summed E-state index contributed by atoms with van der Waals surface area (Å²) in [5.41, 5.74) is 7.69. The minimum Gasteiger partial charge on any atom is -0.491 e. The van der Waals surface area contributed by atoms with Gasteiger partial charge < -0.3 is 25.8 Å². The summed E-state index contributed by atoms with van der Waals surface area (Å²) in [6.45, 7) is 11.0. The van der Waals surface area contributed by atoms with E-state index in [1.165, 1.54) is 0 Å². The maximum atomic E-state index is 11.3. The van der Waals surface area contributed by atoms with Crippen molar-refractivity contribution in [3.8, 4) is 5.75 Å². The molecule has 0 saturated heterocycles. The van der Waals surface area contributed by atoms with Crippen LogP contribution in [-0.4, -0.2) is 37.7 Å². The number of ether oxygens (including phenoxy) is 2. The molecule has 0 bridgehead atoms. The Morgan fingerprint density at radius 2 is 1.72 bits per heavy atom. The molecule has 7 heteroatoms. The maximum absolute atomic E-state index is 11.3. The molecule has 1 amide bonds.